The van der Waals surface area contributed by atoms with Crippen LogP contribution in [0.3, 0.4) is 0 Å². The summed E-state index contributed by atoms with van der Waals surface area (Å²) in [5.74, 6) is -0.0830. The number of anilines is 1. The van der Waals surface area contributed by atoms with E-state index in [1.165, 1.54) is 29.4 Å². The predicted octanol–water partition coefficient (Wildman–Crippen LogP) is 2.39. The molecule has 0 bridgehead atoms. The second kappa shape index (κ2) is 7.17. The number of amides is 1. The Kier molecular flexibility index (Phi) is 5.26. The molecule has 0 aliphatic carbocycles. The van der Waals surface area contributed by atoms with Crippen molar-refractivity contribution in [2.75, 3.05) is 11.9 Å². The average molecular weight is 289 g/mol. The molecule has 0 unspecified atom stereocenters. The zero-order valence-corrected chi connectivity index (χ0v) is 12.4. The van der Waals surface area contributed by atoms with E-state index in [0.717, 1.165) is 25.0 Å². The van der Waals surface area contributed by atoms with Crippen LogP contribution in [0.4, 0.5) is 5.13 Å². The molecule has 20 heavy (non-hydrogen) atoms. The molecule has 3 N–H and O–H groups in total. The lowest BCUT2D eigenvalue weighted by molar-refractivity contribution is -0.114. The highest BCUT2D eigenvalue weighted by molar-refractivity contribution is 7.13. The lowest BCUT2D eigenvalue weighted by Gasteiger charge is -2.03. The summed E-state index contributed by atoms with van der Waals surface area (Å²) >= 11 is 1.46. The number of rotatable bonds is 6. The summed E-state index contributed by atoms with van der Waals surface area (Å²) in [6.07, 6.45) is 2.74. The molecule has 2 aromatic rings. The molecule has 0 spiro atoms. The molecule has 0 fully saturated rings. The first-order valence-corrected chi connectivity index (χ1v) is 7.55. The van der Waals surface area contributed by atoms with E-state index in [1.807, 2.05) is 5.38 Å². The van der Waals surface area contributed by atoms with Crippen LogP contribution in [-0.4, -0.2) is 17.4 Å². The molecular formula is C15H19N3OS. The fourth-order valence-corrected chi connectivity index (χ4v) is 2.80. The maximum absolute atomic E-state index is 10.9. The molecule has 106 valence electrons. The lowest BCUT2D eigenvalue weighted by Crippen LogP contribution is -2.05. The summed E-state index contributed by atoms with van der Waals surface area (Å²) in [4.78, 5) is 15.3. The smallest absolute Gasteiger partial charge is 0.223 e. The van der Waals surface area contributed by atoms with Crippen molar-refractivity contribution in [3.63, 3.8) is 0 Å². The summed E-state index contributed by atoms with van der Waals surface area (Å²) in [5.41, 5.74) is 9.17. The van der Waals surface area contributed by atoms with Gasteiger partial charge in [-0.05, 0) is 36.9 Å². The van der Waals surface area contributed by atoms with Crippen LogP contribution in [-0.2, 0) is 24.1 Å². The summed E-state index contributed by atoms with van der Waals surface area (Å²) in [6.45, 7) is 2.17. The van der Waals surface area contributed by atoms with E-state index in [1.54, 1.807) is 0 Å². The van der Waals surface area contributed by atoms with Crippen LogP contribution >= 0.6 is 11.3 Å². The Bertz CT molecular complexity index is 580. The second-order valence-electron chi connectivity index (χ2n) is 4.68. The highest BCUT2D eigenvalue weighted by Gasteiger charge is 2.04. The van der Waals surface area contributed by atoms with Gasteiger partial charge < -0.3 is 11.1 Å². The summed E-state index contributed by atoms with van der Waals surface area (Å²) in [5, 5.41) is 5.37. The number of nitrogens with two attached hydrogens (primary N) is 1. The SMILES string of the molecule is CC(=O)Nc1nc(CCc2cccc(CCN)c2)cs1. The Morgan fingerprint density at radius 2 is 2.05 bits per heavy atom. The third-order valence-corrected chi connectivity index (χ3v) is 3.74. The molecular weight excluding hydrogens is 270 g/mol. The van der Waals surface area contributed by atoms with Crippen LogP contribution in [0.1, 0.15) is 23.7 Å². The molecule has 5 heteroatoms. The highest BCUT2D eigenvalue weighted by atomic mass is 32.1. The molecule has 0 radical (unpaired) electrons. The molecule has 0 saturated heterocycles. The van der Waals surface area contributed by atoms with Gasteiger partial charge in [-0.1, -0.05) is 24.3 Å². The molecule has 1 heterocycles. The third-order valence-electron chi connectivity index (χ3n) is 2.93. The minimum Gasteiger partial charge on any atom is -0.330 e. The van der Waals surface area contributed by atoms with Crippen molar-refractivity contribution in [1.82, 2.24) is 4.98 Å². The zero-order valence-electron chi connectivity index (χ0n) is 11.6. The van der Waals surface area contributed by atoms with Crippen LogP contribution in [0.5, 0.6) is 0 Å². The van der Waals surface area contributed by atoms with Gasteiger partial charge in [0.15, 0.2) is 5.13 Å². The van der Waals surface area contributed by atoms with Crippen LogP contribution in [0, 0.1) is 0 Å². The van der Waals surface area contributed by atoms with Crippen molar-refractivity contribution in [3.8, 4) is 0 Å². The van der Waals surface area contributed by atoms with Crippen molar-refractivity contribution >= 4 is 22.4 Å². The Balaban J connectivity index is 1.92. The Hall–Kier alpha value is -1.72. The number of aromatic nitrogens is 1. The van der Waals surface area contributed by atoms with Gasteiger partial charge in [0, 0.05) is 12.3 Å². The number of aryl methyl sites for hydroxylation is 2. The van der Waals surface area contributed by atoms with Gasteiger partial charge in [0.1, 0.15) is 0 Å². The van der Waals surface area contributed by atoms with Crippen molar-refractivity contribution in [3.05, 3.63) is 46.5 Å². The van der Waals surface area contributed by atoms with Gasteiger partial charge in [-0.3, -0.25) is 4.79 Å². The molecule has 0 saturated carbocycles. The van der Waals surface area contributed by atoms with Crippen molar-refractivity contribution in [2.24, 2.45) is 5.73 Å². The Morgan fingerprint density at radius 1 is 1.30 bits per heavy atom. The van der Waals surface area contributed by atoms with E-state index >= 15 is 0 Å². The number of thiazole rings is 1. The largest absolute Gasteiger partial charge is 0.330 e. The fraction of sp³-hybridized carbons (Fsp3) is 0.333. The van der Waals surface area contributed by atoms with Gasteiger partial charge in [-0.25, -0.2) is 4.98 Å². The van der Waals surface area contributed by atoms with E-state index in [2.05, 4.69) is 34.6 Å². The van der Waals surface area contributed by atoms with Gasteiger partial charge in [0.05, 0.1) is 5.69 Å². The van der Waals surface area contributed by atoms with Gasteiger partial charge >= 0.3 is 0 Å². The number of hydrogen-bond acceptors (Lipinski definition) is 4. The number of carbonyl (C=O) groups excluding carboxylic acids is 1. The molecule has 4 nitrogen and oxygen atoms in total. The minimum absolute atomic E-state index is 0.0830. The van der Waals surface area contributed by atoms with Gasteiger partial charge in [-0.15, -0.1) is 11.3 Å². The molecule has 1 aromatic heterocycles. The first-order chi connectivity index (χ1) is 9.67. The summed E-state index contributed by atoms with van der Waals surface area (Å²) in [6, 6.07) is 8.51. The van der Waals surface area contributed by atoms with Crippen LogP contribution in [0.2, 0.25) is 0 Å². The zero-order chi connectivity index (χ0) is 14.4. The quantitative estimate of drug-likeness (QED) is 0.858. The number of carbonyl (C=O) groups is 1. The van der Waals surface area contributed by atoms with Crippen molar-refractivity contribution < 1.29 is 4.79 Å². The summed E-state index contributed by atoms with van der Waals surface area (Å²) in [7, 11) is 0. The molecule has 2 rings (SSSR count). The fourth-order valence-electron chi connectivity index (χ4n) is 2.01. The first-order valence-electron chi connectivity index (χ1n) is 6.67. The monoisotopic (exact) mass is 289 g/mol. The third kappa shape index (κ3) is 4.43. The van der Waals surface area contributed by atoms with Gasteiger partial charge in [0.25, 0.3) is 0 Å². The van der Waals surface area contributed by atoms with E-state index in [-0.39, 0.29) is 5.91 Å². The first kappa shape index (κ1) is 14.7. The maximum Gasteiger partial charge on any atom is 0.223 e. The number of hydrogen-bond donors (Lipinski definition) is 2. The van der Waals surface area contributed by atoms with Gasteiger partial charge in [0.2, 0.25) is 5.91 Å². The number of nitrogens with one attached hydrogen (secondary N) is 1. The van der Waals surface area contributed by atoms with Gasteiger partial charge in [-0.2, -0.15) is 0 Å². The molecule has 0 aliphatic rings. The van der Waals surface area contributed by atoms with E-state index < -0.39 is 0 Å². The standard InChI is InChI=1S/C15H19N3OS/c1-11(19)17-15-18-14(10-20-15)6-5-12-3-2-4-13(9-12)7-8-16/h2-4,9-10H,5-8,16H2,1H3,(H,17,18,19). The molecule has 0 aliphatic heterocycles. The Labute approximate surface area is 123 Å². The van der Waals surface area contributed by atoms with Crippen LogP contribution in [0.15, 0.2) is 29.6 Å². The van der Waals surface area contributed by atoms with E-state index in [0.29, 0.717) is 11.7 Å². The highest BCUT2D eigenvalue weighted by Crippen LogP contribution is 2.17. The molecule has 1 aromatic carbocycles. The topological polar surface area (TPSA) is 68.0 Å². The van der Waals surface area contributed by atoms with E-state index in [9.17, 15) is 4.79 Å². The average Bonchev–Trinajstić information content (AvgIpc) is 2.84. The number of nitrogens with zero attached hydrogens (tertiary/aromatic N) is 1. The van der Waals surface area contributed by atoms with Crippen LogP contribution < -0.4 is 11.1 Å². The number of benzene rings is 1. The van der Waals surface area contributed by atoms with Crippen molar-refractivity contribution in [1.29, 1.82) is 0 Å². The second-order valence-corrected chi connectivity index (χ2v) is 5.54. The van der Waals surface area contributed by atoms with Crippen LogP contribution in [0.25, 0.3) is 0 Å². The van der Waals surface area contributed by atoms with E-state index in [4.69, 9.17) is 5.73 Å². The minimum atomic E-state index is -0.0830. The normalized spacial score (nSPS) is 10.5. The molecule has 0 atom stereocenters. The lowest BCUT2D eigenvalue weighted by atomic mass is 10.0. The van der Waals surface area contributed by atoms with Crippen molar-refractivity contribution in [2.45, 2.75) is 26.2 Å². The molecule has 1 amide bonds. The predicted molar refractivity (Wildman–Crippen MR) is 83.0 cm³/mol. The summed E-state index contributed by atoms with van der Waals surface area (Å²) < 4.78 is 0. The Morgan fingerprint density at radius 3 is 2.75 bits per heavy atom. The maximum atomic E-state index is 10.9.